The molecule has 0 spiro atoms. The Bertz CT molecular complexity index is 628. The summed E-state index contributed by atoms with van der Waals surface area (Å²) in [7, 11) is 0. The third-order valence-electron chi connectivity index (χ3n) is 3.80. The molecule has 0 saturated carbocycles. The van der Waals surface area contributed by atoms with Crippen LogP contribution in [0.25, 0.3) is 0 Å². The van der Waals surface area contributed by atoms with Crippen molar-refractivity contribution < 1.29 is 33.3 Å². The highest BCUT2D eigenvalue weighted by molar-refractivity contribution is 5.68. The zero-order valence-electron chi connectivity index (χ0n) is 14.6. The summed E-state index contributed by atoms with van der Waals surface area (Å²) in [4.78, 5) is 34.6. The molecule has 0 amide bonds. The lowest BCUT2D eigenvalue weighted by Crippen LogP contribution is -2.57. The monoisotopic (exact) mass is 350 g/mol. The zero-order chi connectivity index (χ0) is 18.6. The molecule has 0 bridgehead atoms. The lowest BCUT2D eigenvalue weighted by molar-refractivity contribution is -0.245. The minimum atomic E-state index is -0.973. The molecule has 1 aliphatic heterocycles. The van der Waals surface area contributed by atoms with Crippen LogP contribution in [0.1, 0.15) is 39.4 Å². The van der Waals surface area contributed by atoms with E-state index in [-0.39, 0.29) is 0 Å². The highest BCUT2D eigenvalue weighted by atomic mass is 16.6. The molecule has 1 aromatic rings. The summed E-state index contributed by atoms with van der Waals surface area (Å²) in [5.74, 6) is -1.67. The summed E-state index contributed by atoms with van der Waals surface area (Å²) in [5, 5.41) is 0. The van der Waals surface area contributed by atoms with E-state index in [1.807, 2.05) is 30.3 Å². The number of hydrogen-bond acceptors (Lipinski definition) is 7. The average Bonchev–Trinajstić information content (AvgIpc) is 2.53. The van der Waals surface area contributed by atoms with Crippen LogP contribution in [0.4, 0.5) is 0 Å². The van der Waals surface area contributed by atoms with Gasteiger partial charge in [-0.3, -0.25) is 14.4 Å². The Morgan fingerprint density at radius 3 is 1.80 bits per heavy atom. The topological polar surface area (TPSA) is 88.1 Å². The number of ether oxygens (including phenoxy) is 4. The summed E-state index contributed by atoms with van der Waals surface area (Å²) in [6.45, 7) is 5.46. The third kappa shape index (κ3) is 4.79. The van der Waals surface area contributed by atoms with Gasteiger partial charge in [-0.05, 0) is 12.5 Å². The fourth-order valence-electron chi connectivity index (χ4n) is 2.92. The van der Waals surface area contributed by atoms with Gasteiger partial charge in [0.25, 0.3) is 0 Å². The zero-order valence-corrected chi connectivity index (χ0v) is 14.6. The third-order valence-corrected chi connectivity index (χ3v) is 3.80. The molecule has 2 rings (SSSR count). The second-order valence-electron chi connectivity index (χ2n) is 5.89. The van der Waals surface area contributed by atoms with Gasteiger partial charge in [0, 0.05) is 20.8 Å². The van der Waals surface area contributed by atoms with Crippen molar-refractivity contribution in [2.45, 2.75) is 58.2 Å². The van der Waals surface area contributed by atoms with Crippen molar-refractivity contribution in [2.75, 3.05) is 0 Å². The molecular weight excluding hydrogens is 328 g/mol. The Kier molecular flexibility index (Phi) is 6.14. The molecule has 0 unspecified atom stereocenters. The van der Waals surface area contributed by atoms with E-state index < -0.39 is 48.4 Å². The molecule has 5 atom stereocenters. The molecular formula is C18H22O7. The van der Waals surface area contributed by atoms with Crippen molar-refractivity contribution in [1.29, 1.82) is 0 Å². The number of benzene rings is 1. The maximum Gasteiger partial charge on any atom is 0.303 e. The van der Waals surface area contributed by atoms with Gasteiger partial charge >= 0.3 is 17.9 Å². The second-order valence-corrected chi connectivity index (χ2v) is 5.89. The first-order valence-corrected chi connectivity index (χ1v) is 8.01. The Hall–Kier alpha value is -2.41. The largest absolute Gasteiger partial charge is 0.456 e. The Morgan fingerprint density at radius 1 is 0.800 bits per heavy atom. The number of esters is 3. The lowest BCUT2D eigenvalue weighted by atomic mass is 9.91. The van der Waals surface area contributed by atoms with Gasteiger partial charge in [-0.2, -0.15) is 0 Å². The summed E-state index contributed by atoms with van der Waals surface area (Å²) in [6.07, 6.45) is -4.02. The molecule has 1 saturated heterocycles. The average molecular weight is 350 g/mol. The van der Waals surface area contributed by atoms with Gasteiger partial charge in [0.15, 0.2) is 18.3 Å². The van der Waals surface area contributed by atoms with E-state index in [9.17, 15) is 14.4 Å². The van der Waals surface area contributed by atoms with Crippen molar-refractivity contribution in [3.8, 4) is 0 Å². The molecule has 7 nitrogen and oxygen atoms in total. The fourth-order valence-corrected chi connectivity index (χ4v) is 2.92. The van der Waals surface area contributed by atoms with Gasteiger partial charge in [-0.25, -0.2) is 0 Å². The van der Waals surface area contributed by atoms with E-state index in [0.29, 0.717) is 0 Å². The molecule has 25 heavy (non-hydrogen) atoms. The van der Waals surface area contributed by atoms with E-state index in [2.05, 4.69) is 0 Å². The quantitative estimate of drug-likeness (QED) is 0.606. The van der Waals surface area contributed by atoms with E-state index in [0.717, 1.165) is 5.56 Å². The molecule has 0 aliphatic carbocycles. The standard InChI is InChI=1S/C18H22O7/c1-10-15(23-11(2)19)17(24-12(3)20)18(25-13(4)21)16(22-10)14-8-6-5-7-9-14/h5-10,15-18H,1-4H3/t10-,15-,16+,17-,18+/m1/s1. The van der Waals surface area contributed by atoms with Gasteiger partial charge in [0.1, 0.15) is 6.10 Å². The molecule has 1 aromatic carbocycles. The molecule has 1 fully saturated rings. The summed E-state index contributed by atoms with van der Waals surface area (Å²) >= 11 is 0. The Labute approximate surface area is 146 Å². The van der Waals surface area contributed by atoms with Gasteiger partial charge < -0.3 is 18.9 Å². The normalized spacial score (nSPS) is 28.7. The van der Waals surface area contributed by atoms with Crippen LogP contribution in [-0.2, 0) is 33.3 Å². The molecule has 1 heterocycles. The van der Waals surface area contributed by atoms with E-state index >= 15 is 0 Å². The number of carbonyl (C=O) groups excluding carboxylic acids is 3. The molecule has 0 radical (unpaired) electrons. The van der Waals surface area contributed by atoms with Gasteiger partial charge in [0.05, 0.1) is 6.10 Å². The van der Waals surface area contributed by atoms with Gasteiger partial charge in [0.2, 0.25) is 0 Å². The molecule has 7 heteroatoms. The Morgan fingerprint density at radius 2 is 1.28 bits per heavy atom. The second kappa shape index (κ2) is 8.11. The first kappa shape index (κ1) is 18.9. The van der Waals surface area contributed by atoms with Crippen LogP contribution in [0.15, 0.2) is 30.3 Å². The summed E-state index contributed by atoms with van der Waals surface area (Å²) in [5.41, 5.74) is 0.763. The van der Waals surface area contributed by atoms with Crippen molar-refractivity contribution in [3.05, 3.63) is 35.9 Å². The number of carbonyl (C=O) groups is 3. The van der Waals surface area contributed by atoms with Crippen LogP contribution in [0.3, 0.4) is 0 Å². The summed E-state index contributed by atoms with van der Waals surface area (Å²) < 4.78 is 22.0. The molecule has 0 aromatic heterocycles. The smallest absolute Gasteiger partial charge is 0.303 e. The van der Waals surface area contributed by atoms with Crippen molar-refractivity contribution in [2.24, 2.45) is 0 Å². The first-order chi connectivity index (χ1) is 11.8. The van der Waals surface area contributed by atoms with Crippen molar-refractivity contribution in [1.82, 2.24) is 0 Å². The molecule has 0 N–H and O–H groups in total. The highest BCUT2D eigenvalue weighted by Crippen LogP contribution is 2.37. The van der Waals surface area contributed by atoms with E-state index in [1.54, 1.807) is 6.92 Å². The summed E-state index contributed by atoms with van der Waals surface area (Å²) in [6, 6.07) is 9.15. The van der Waals surface area contributed by atoms with Crippen LogP contribution >= 0.6 is 0 Å². The van der Waals surface area contributed by atoms with Crippen LogP contribution in [0.5, 0.6) is 0 Å². The van der Waals surface area contributed by atoms with E-state index in [1.165, 1.54) is 20.8 Å². The minimum Gasteiger partial charge on any atom is -0.456 e. The fraction of sp³-hybridized carbons (Fsp3) is 0.500. The molecule has 136 valence electrons. The number of rotatable bonds is 4. The highest BCUT2D eigenvalue weighted by Gasteiger charge is 2.50. The van der Waals surface area contributed by atoms with Crippen LogP contribution in [-0.4, -0.2) is 42.3 Å². The van der Waals surface area contributed by atoms with Gasteiger partial charge in [-0.15, -0.1) is 0 Å². The maximum absolute atomic E-state index is 11.6. The van der Waals surface area contributed by atoms with E-state index in [4.69, 9.17) is 18.9 Å². The van der Waals surface area contributed by atoms with Crippen molar-refractivity contribution >= 4 is 17.9 Å². The van der Waals surface area contributed by atoms with Crippen LogP contribution in [0, 0.1) is 0 Å². The number of hydrogen-bond donors (Lipinski definition) is 0. The predicted octanol–water partition coefficient (Wildman–Crippen LogP) is 1.94. The predicted molar refractivity (Wildman–Crippen MR) is 86.4 cm³/mol. The Balaban J connectivity index is 2.42. The van der Waals surface area contributed by atoms with Crippen LogP contribution < -0.4 is 0 Å². The van der Waals surface area contributed by atoms with Crippen LogP contribution in [0.2, 0.25) is 0 Å². The first-order valence-electron chi connectivity index (χ1n) is 8.01. The molecule has 1 aliphatic rings. The lowest BCUT2D eigenvalue weighted by Gasteiger charge is -2.44. The maximum atomic E-state index is 11.6. The van der Waals surface area contributed by atoms with Gasteiger partial charge in [-0.1, -0.05) is 30.3 Å². The minimum absolute atomic E-state index is 0.544. The SMILES string of the molecule is CC(=O)O[C@H]1[C@@H](OC(C)=O)[C@H](c2ccccc2)O[C@H](C)[C@H]1OC(C)=O. The van der Waals surface area contributed by atoms with Crippen molar-refractivity contribution in [3.63, 3.8) is 0 Å².